The highest BCUT2D eigenvalue weighted by molar-refractivity contribution is 9.10. The molecule has 0 saturated carbocycles. The Hall–Kier alpha value is -2.15. The summed E-state index contributed by atoms with van der Waals surface area (Å²) in [6.45, 7) is 1.80. The molecule has 0 saturated heterocycles. The lowest BCUT2D eigenvalue weighted by molar-refractivity contribution is 0.146. The molecule has 0 spiro atoms. The van der Waals surface area contributed by atoms with Crippen LogP contribution in [0.2, 0.25) is 0 Å². The Kier molecular flexibility index (Phi) is 4.71. The molecule has 0 amide bonds. The van der Waals surface area contributed by atoms with Crippen molar-refractivity contribution in [1.29, 1.82) is 0 Å². The first-order valence-corrected chi connectivity index (χ1v) is 7.98. The molecule has 124 valence electrons. The molecule has 3 aromatic rings. The minimum absolute atomic E-state index is 0.0461. The van der Waals surface area contributed by atoms with Gasteiger partial charge in [0.1, 0.15) is 17.5 Å². The predicted molar refractivity (Wildman–Crippen MR) is 90.7 cm³/mol. The summed E-state index contributed by atoms with van der Waals surface area (Å²) in [5.74, 6) is 0.200. The molecular formula is C17H13BrF3N3. The summed E-state index contributed by atoms with van der Waals surface area (Å²) in [6, 6.07) is 9.54. The molecule has 7 heteroatoms. The topological polar surface area (TPSA) is 37.8 Å². The van der Waals surface area contributed by atoms with E-state index in [0.29, 0.717) is 11.6 Å². The number of nitrogens with zero attached hydrogens (tertiary/aromatic N) is 2. The molecule has 0 atom stereocenters. The predicted octanol–water partition coefficient (Wildman–Crippen LogP) is 5.39. The molecule has 0 aliphatic heterocycles. The van der Waals surface area contributed by atoms with Gasteiger partial charge in [0.05, 0.1) is 11.1 Å². The molecule has 0 bridgehead atoms. The number of rotatable bonds is 4. The summed E-state index contributed by atoms with van der Waals surface area (Å²) < 4.78 is 40.6. The fourth-order valence-electron chi connectivity index (χ4n) is 2.44. The van der Waals surface area contributed by atoms with Gasteiger partial charge in [0, 0.05) is 22.0 Å². The van der Waals surface area contributed by atoms with Crippen LogP contribution < -0.4 is 5.32 Å². The second-order valence-corrected chi connectivity index (χ2v) is 6.17. The quantitative estimate of drug-likeness (QED) is 0.643. The van der Waals surface area contributed by atoms with Crippen LogP contribution in [0.1, 0.15) is 23.4 Å². The fourth-order valence-corrected chi connectivity index (χ4v) is 2.80. The third-order valence-corrected chi connectivity index (χ3v) is 4.05. The first kappa shape index (κ1) is 16.7. The summed E-state index contributed by atoms with van der Waals surface area (Å²) in [5, 5.41) is 3.79. The zero-order chi connectivity index (χ0) is 17.3. The van der Waals surface area contributed by atoms with E-state index in [1.54, 1.807) is 6.92 Å². The van der Waals surface area contributed by atoms with Gasteiger partial charge in [-0.25, -0.2) is 23.1 Å². The number of anilines is 1. The Labute approximate surface area is 145 Å². The van der Waals surface area contributed by atoms with E-state index >= 15 is 0 Å². The van der Waals surface area contributed by atoms with Crippen LogP contribution in [0, 0.1) is 12.7 Å². The van der Waals surface area contributed by atoms with Crippen LogP contribution in [0.4, 0.5) is 19.0 Å². The number of fused-ring (bicyclic) bond motifs is 1. The lowest BCUT2D eigenvalue weighted by Crippen LogP contribution is -2.07. The first-order chi connectivity index (χ1) is 11.5. The number of benzene rings is 2. The highest BCUT2D eigenvalue weighted by Gasteiger charge is 2.16. The van der Waals surface area contributed by atoms with Crippen LogP contribution >= 0.6 is 15.9 Å². The van der Waals surface area contributed by atoms with Crippen molar-refractivity contribution in [2.75, 3.05) is 5.32 Å². The van der Waals surface area contributed by atoms with Crippen LogP contribution in [0.25, 0.3) is 10.9 Å². The van der Waals surface area contributed by atoms with Crippen LogP contribution in [-0.4, -0.2) is 9.97 Å². The molecule has 1 N–H and O–H groups in total. The molecule has 0 aliphatic carbocycles. The van der Waals surface area contributed by atoms with E-state index in [1.807, 2.05) is 18.2 Å². The highest BCUT2D eigenvalue weighted by Crippen LogP contribution is 2.27. The Morgan fingerprint density at radius 2 is 1.96 bits per heavy atom. The lowest BCUT2D eigenvalue weighted by Gasteiger charge is -2.12. The van der Waals surface area contributed by atoms with E-state index in [4.69, 9.17) is 0 Å². The highest BCUT2D eigenvalue weighted by atomic mass is 79.9. The normalized spacial score (nSPS) is 11.2. The van der Waals surface area contributed by atoms with Crippen LogP contribution in [-0.2, 0) is 6.54 Å². The number of aromatic nitrogens is 2. The van der Waals surface area contributed by atoms with E-state index in [-0.39, 0.29) is 12.1 Å². The molecule has 0 unspecified atom stereocenters. The SMILES string of the molecule is Cc1nc(NCc2cccc(C(F)F)c2F)c2cc(Br)ccc2n1. The molecular weight excluding hydrogens is 383 g/mol. The van der Waals surface area contributed by atoms with Gasteiger partial charge < -0.3 is 5.32 Å². The average molecular weight is 396 g/mol. The Balaban J connectivity index is 1.94. The smallest absolute Gasteiger partial charge is 0.266 e. The van der Waals surface area contributed by atoms with Gasteiger partial charge in [-0.2, -0.15) is 0 Å². The molecule has 2 aromatic carbocycles. The van der Waals surface area contributed by atoms with Crippen molar-refractivity contribution < 1.29 is 13.2 Å². The van der Waals surface area contributed by atoms with Crippen LogP contribution in [0.15, 0.2) is 40.9 Å². The number of alkyl halides is 2. The van der Waals surface area contributed by atoms with Gasteiger partial charge in [0.25, 0.3) is 6.43 Å². The van der Waals surface area contributed by atoms with Crippen molar-refractivity contribution in [3.63, 3.8) is 0 Å². The average Bonchev–Trinajstić information content (AvgIpc) is 2.54. The minimum Gasteiger partial charge on any atom is -0.365 e. The maximum absolute atomic E-state index is 14.1. The molecule has 24 heavy (non-hydrogen) atoms. The summed E-state index contributed by atoms with van der Waals surface area (Å²) >= 11 is 3.39. The largest absolute Gasteiger partial charge is 0.365 e. The summed E-state index contributed by atoms with van der Waals surface area (Å²) in [7, 11) is 0. The van der Waals surface area contributed by atoms with Gasteiger partial charge in [-0.1, -0.05) is 34.1 Å². The van der Waals surface area contributed by atoms with E-state index in [9.17, 15) is 13.2 Å². The van der Waals surface area contributed by atoms with Crippen molar-refractivity contribution in [2.24, 2.45) is 0 Å². The minimum atomic E-state index is -2.84. The maximum atomic E-state index is 14.1. The third kappa shape index (κ3) is 3.36. The van der Waals surface area contributed by atoms with Crippen LogP contribution in [0.5, 0.6) is 0 Å². The molecule has 0 fully saturated rings. The second kappa shape index (κ2) is 6.76. The number of hydrogen-bond acceptors (Lipinski definition) is 3. The summed E-state index contributed by atoms with van der Waals surface area (Å²) in [5.41, 5.74) is 0.308. The monoisotopic (exact) mass is 395 g/mol. The molecule has 3 rings (SSSR count). The second-order valence-electron chi connectivity index (χ2n) is 5.26. The van der Waals surface area contributed by atoms with Crippen molar-refractivity contribution in [3.8, 4) is 0 Å². The van der Waals surface area contributed by atoms with Gasteiger partial charge in [-0.15, -0.1) is 0 Å². The standard InChI is InChI=1S/C17H13BrF3N3/c1-9-23-14-6-5-11(18)7-13(14)17(24-9)22-8-10-3-2-4-12(15(10)19)16(20)21/h2-7,16H,8H2,1H3,(H,22,23,24). The van der Waals surface area contributed by atoms with Gasteiger partial charge >= 0.3 is 0 Å². The molecule has 1 aromatic heterocycles. The lowest BCUT2D eigenvalue weighted by atomic mass is 10.1. The van der Waals surface area contributed by atoms with E-state index in [2.05, 4.69) is 31.2 Å². The van der Waals surface area contributed by atoms with Gasteiger partial charge in [-0.05, 0) is 25.1 Å². The maximum Gasteiger partial charge on any atom is 0.266 e. The van der Waals surface area contributed by atoms with Crippen molar-refractivity contribution in [2.45, 2.75) is 19.9 Å². The zero-order valence-corrected chi connectivity index (χ0v) is 14.2. The number of nitrogens with one attached hydrogen (secondary N) is 1. The van der Waals surface area contributed by atoms with Crippen LogP contribution in [0.3, 0.4) is 0 Å². The van der Waals surface area contributed by atoms with Gasteiger partial charge in [-0.3, -0.25) is 0 Å². The van der Waals surface area contributed by atoms with E-state index < -0.39 is 17.8 Å². The third-order valence-electron chi connectivity index (χ3n) is 3.56. The van der Waals surface area contributed by atoms with Crippen molar-refractivity contribution in [1.82, 2.24) is 9.97 Å². The molecule has 1 heterocycles. The van der Waals surface area contributed by atoms with E-state index in [0.717, 1.165) is 21.4 Å². The fraction of sp³-hybridized carbons (Fsp3) is 0.176. The summed E-state index contributed by atoms with van der Waals surface area (Å²) in [6.07, 6.45) is -2.84. The Bertz CT molecular complexity index is 900. The molecule has 0 radical (unpaired) electrons. The first-order valence-electron chi connectivity index (χ1n) is 7.19. The summed E-state index contributed by atoms with van der Waals surface area (Å²) in [4.78, 5) is 8.67. The Morgan fingerprint density at radius 1 is 1.17 bits per heavy atom. The number of aryl methyl sites for hydroxylation is 1. The van der Waals surface area contributed by atoms with Crippen molar-refractivity contribution in [3.05, 3.63) is 63.6 Å². The molecule has 3 nitrogen and oxygen atoms in total. The Morgan fingerprint density at radius 3 is 2.71 bits per heavy atom. The number of halogens is 4. The van der Waals surface area contributed by atoms with Crippen molar-refractivity contribution >= 4 is 32.7 Å². The van der Waals surface area contributed by atoms with E-state index in [1.165, 1.54) is 12.1 Å². The number of hydrogen-bond donors (Lipinski definition) is 1. The molecule has 0 aliphatic rings. The van der Waals surface area contributed by atoms with Gasteiger partial charge in [0.2, 0.25) is 0 Å². The zero-order valence-electron chi connectivity index (χ0n) is 12.7. The van der Waals surface area contributed by atoms with Gasteiger partial charge in [0.15, 0.2) is 0 Å².